The molecule has 9 heteroatoms. The summed E-state index contributed by atoms with van der Waals surface area (Å²) in [6, 6.07) is -1.34. The number of carboxylic acids is 2. The molecular formula is C15H31N3O5S. The van der Waals surface area contributed by atoms with E-state index in [1.807, 2.05) is 6.26 Å². The number of unbranched alkanes of at least 4 members (excludes halogenated alkanes) is 2. The summed E-state index contributed by atoms with van der Waals surface area (Å²) in [4.78, 5) is 30.9. The number of hydrogen-bond donors (Lipinski definition) is 5. The third-order valence-electron chi connectivity index (χ3n) is 3.10. The molecule has 0 aromatic heterocycles. The van der Waals surface area contributed by atoms with E-state index >= 15 is 0 Å². The molecule has 0 fully saturated rings. The number of rotatable bonds is 13. The Morgan fingerprint density at radius 3 is 2.17 bits per heavy atom. The SMILES string of the molecule is CCCCCNC(CCSC)C(=O)O.NC(=O)CCC(N)C(=O)O. The number of thioether (sulfide) groups is 1. The van der Waals surface area contributed by atoms with Gasteiger partial charge >= 0.3 is 11.9 Å². The molecule has 0 spiro atoms. The van der Waals surface area contributed by atoms with Crippen LogP contribution in [-0.4, -0.2) is 58.7 Å². The average molecular weight is 365 g/mol. The smallest absolute Gasteiger partial charge is 0.320 e. The van der Waals surface area contributed by atoms with Crippen LogP contribution in [0.5, 0.6) is 0 Å². The minimum Gasteiger partial charge on any atom is -0.480 e. The molecule has 7 N–H and O–H groups in total. The first-order valence-electron chi connectivity index (χ1n) is 7.98. The summed E-state index contributed by atoms with van der Waals surface area (Å²) in [6.07, 6.45) is 6.24. The van der Waals surface area contributed by atoms with Gasteiger partial charge in [0.25, 0.3) is 0 Å². The summed E-state index contributed by atoms with van der Waals surface area (Å²) in [5.41, 5.74) is 9.81. The van der Waals surface area contributed by atoms with Crippen molar-refractivity contribution in [3.8, 4) is 0 Å². The molecule has 0 radical (unpaired) electrons. The van der Waals surface area contributed by atoms with E-state index in [0.717, 1.165) is 18.7 Å². The van der Waals surface area contributed by atoms with Gasteiger partial charge in [0.05, 0.1) is 0 Å². The fraction of sp³-hybridized carbons (Fsp3) is 0.800. The topological polar surface area (TPSA) is 156 Å². The molecule has 142 valence electrons. The lowest BCUT2D eigenvalue weighted by molar-refractivity contribution is -0.140. The van der Waals surface area contributed by atoms with Crippen molar-refractivity contribution in [2.75, 3.05) is 18.6 Å². The van der Waals surface area contributed by atoms with Gasteiger partial charge in [-0.05, 0) is 37.8 Å². The van der Waals surface area contributed by atoms with E-state index in [9.17, 15) is 14.4 Å². The zero-order chi connectivity index (χ0) is 19.0. The number of carbonyl (C=O) groups is 3. The van der Waals surface area contributed by atoms with Crippen molar-refractivity contribution in [3.63, 3.8) is 0 Å². The number of nitrogens with two attached hydrogens (primary N) is 2. The highest BCUT2D eigenvalue weighted by Crippen LogP contribution is 2.01. The normalized spacial score (nSPS) is 12.6. The quantitative estimate of drug-likeness (QED) is 0.298. The zero-order valence-corrected chi connectivity index (χ0v) is 15.3. The van der Waals surface area contributed by atoms with Crippen molar-refractivity contribution in [1.29, 1.82) is 0 Å². The number of amides is 1. The Bertz CT molecular complexity index is 369. The summed E-state index contributed by atoms with van der Waals surface area (Å²) in [5, 5.41) is 20.2. The van der Waals surface area contributed by atoms with E-state index in [1.54, 1.807) is 11.8 Å². The molecule has 0 aliphatic heterocycles. The largest absolute Gasteiger partial charge is 0.480 e. The summed E-state index contributed by atoms with van der Waals surface area (Å²) in [6.45, 7) is 2.96. The zero-order valence-electron chi connectivity index (χ0n) is 14.5. The van der Waals surface area contributed by atoms with E-state index < -0.39 is 23.9 Å². The number of nitrogens with one attached hydrogen (secondary N) is 1. The molecule has 0 bridgehead atoms. The second-order valence-corrected chi connectivity index (χ2v) is 6.27. The second-order valence-electron chi connectivity index (χ2n) is 5.28. The van der Waals surface area contributed by atoms with Gasteiger partial charge < -0.3 is 27.0 Å². The summed E-state index contributed by atoms with van der Waals surface area (Å²) in [5.74, 6) is -1.47. The second kappa shape index (κ2) is 16.5. The molecule has 0 aromatic rings. The van der Waals surface area contributed by atoms with Gasteiger partial charge in [-0.15, -0.1) is 0 Å². The van der Waals surface area contributed by atoms with Crippen LogP contribution in [0.2, 0.25) is 0 Å². The van der Waals surface area contributed by atoms with Crippen LogP contribution in [0.1, 0.15) is 45.4 Å². The molecule has 0 aliphatic carbocycles. The van der Waals surface area contributed by atoms with Gasteiger partial charge in [-0.2, -0.15) is 11.8 Å². The van der Waals surface area contributed by atoms with Crippen molar-refractivity contribution < 1.29 is 24.6 Å². The molecule has 1 amide bonds. The lowest BCUT2D eigenvalue weighted by Crippen LogP contribution is -2.37. The van der Waals surface area contributed by atoms with Crippen LogP contribution in [0.4, 0.5) is 0 Å². The van der Waals surface area contributed by atoms with Crippen molar-refractivity contribution in [2.24, 2.45) is 11.5 Å². The number of carboxylic acid groups (broad SMARTS) is 2. The molecule has 8 nitrogen and oxygen atoms in total. The maximum absolute atomic E-state index is 10.8. The molecule has 0 saturated heterocycles. The Morgan fingerprint density at radius 1 is 1.12 bits per heavy atom. The first-order chi connectivity index (χ1) is 11.3. The van der Waals surface area contributed by atoms with Gasteiger partial charge in [0.1, 0.15) is 12.1 Å². The Morgan fingerprint density at radius 2 is 1.75 bits per heavy atom. The van der Waals surface area contributed by atoms with Crippen molar-refractivity contribution in [1.82, 2.24) is 5.32 Å². The molecule has 0 rings (SSSR count). The van der Waals surface area contributed by atoms with Gasteiger partial charge in [0, 0.05) is 6.42 Å². The highest BCUT2D eigenvalue weighted by atomic mass is 32.2. The molecular weight excluding hydrogens is 334 g/mol. The van der Waals surface area contributed by atoms with E-state index in [1.165, 1.54) is 12.8 Å². The molecule has 0 saturated carbocycles. The summed E-state index contributed by atoms with van der Waals surface area (Å²) >= 11 is 1.69. The number of hydrogen-bond acceptors (Lipinski definition) is 6. The van der Waals surface area contributed by atoms with E-state index in [-0.39, 0.29) is 18.9 Å². The van der Waals surface area contributed by atoms with E-state index in [0.29, 0.717) is 6.42 Å². The van der Waals surface area contributed by atoms with E-state index in [4.69, 9.17) is 21.7 Å². The van der Waals surface area contributed by atoms with Crippen LogP contribution >= 0.6 is 11.8 Å². The van der Waals surface area contributed by atoms with Crippen molar-refractivity contribution >= 4 is 29.6 Å². The average Bonchev–Trinajstić information content (AvgIpc) is 2.52. The number of primary amides is 1. The molecule has 2 unspecified atom stereocenters. The third-order valence-corrected chi connectivity index (χ3v) is 3.74. The number of aliphatic carboxylic acids is 2. The van der Waals surface area contributed by atoms with Crippen LogP contribution in [0, 0.1) is 0 Å². The summed E-state index contributed by atoms with van der Waals surface area (Å²) in [7, 11) is 0. The summed E-state index contributed by atoms with van der Waals surface area (Å²) < 4.78 is 0. The van der Waals surface area contributed by atoms with Gasteiger partial charge in [0.15, 0.2) is 0 Å². The Kier molecular flexibility index (Phi) is 17.2. The van der Waals surface area contributed by atoms with Gasteiger partial charge in [-0.3, -0.25) is 14.4 Å². The maximum Gasteiger partial charge on any atom is 0.320 e. The van der Waals surface area contributed by atoms with Gasteiger partial charge in [-0.1, -0.05) is 19.8 Å². The lowest BCUT2D eigenvalue weighted by Gasteiger charge is -2.13. The monoisotopic (exact) mass is 365 g/mol. The molecule has 0 aromatic carbocycles. The molecule has 0 heterocycles. The predicted molar refractivity (Wildman–Crippen MR) is 96.0 cm³/mol. The van der Waals surface area contributed by atoms with Crippen LogP contribution in [-0.2, 0) is 14.4 Å². The van der Waals surface area contributed by atoms with Crippen molar-refractivity contribution in [3.05, 3.63) is 0 Å². The first-order valence-corrected chi connectivity index (χ1v) is 9.37. The molecule has 2 atom stereocenters. The van der Waals surface area contributed by atoms with Crippen LogP contribution < -0.4 is 16.8 Å². The minimum atomic E-state index is -1.11. The number of carbonyl (C=O) groups excluding carboxylic acids is 1. The Hall–Kier alpha value is -1.32. The Balaban J connectivity index is 0. The first kappa shape index (κ1) is 24.9. The highest BCUT2D eigenvalue weighted by molar-refractivity contribution is 7.98. The predicted octanol–water partition coefficient (Wildman–Crippen LogP) is 0.636. The standard InChI is InChI=1S/C10H21NO2S.C5H10N2O3/c1-3-4-5-7-11-9(10(12)13)6-8-14-2;6-3(5(9)10)1-2-4(7)8/h9,11H,3-8H2,1-2H3,(H,12,13);3H,1-2,6H2,(H2,7,8)(H,9,10). The third kappa shape index (κ3) is 17.0. The maximum atomic E-state index is 10.8. The molecule has 0 aliphatic rings. The van der Waals surface area contributed by atoms with Gasteiger partial charge in [-0.25, -0.2) is 0 Å². The van der Waals surface area contributed by atoms with Crippen LogP contribution in [0.25, 0.3) is 0 Å². The van der Waals surface area contributed by atoms with Crippen molar-refractivity contribution in [2.45, 2.75) is 57.5 Å². The highest BCUT2D eigenvalue weighted by Gasteiger charge is 2.15. The fourth-order valence-corrected chi connectivity index (χ4v) is 2.09. The Labute approximate surface area is 147 Å². The van der Waals surface area contributed by atoms with Crippen LogP contribution in [0.15, 0.2) is 0 Å². The van der Waals surface area contributed by atoms with E-state index in [2.05, 4.69) is 12.2 Å². The van der Waals surface area contributed by atoms with Gasteiger partial charge in [0.2, 0.25) is 5.91 Å². The lowest BCUT2D eigenvalue weighted by atomic mass is 10.2. The fourth-order valence-electron chi connectivity index (χ4n) is 1.62. The minimum absolute atomic E-state index is 0.0213. The molecule has 24 heavy (non-hydrogen) atoms. The van der Waals surface area contributed by atoms with Crippen LogP contribution in [0.3, 0.4) is 0 Å².